The molecule has 0 spiro atoms. The van der Waals surface area contributed by atoms with Crippen molar-refractivity contribution in [1.29, 1.82) is 0 Å². The van der Waals surface area contributed by atoms with Gasteiger partial charge < -0.3 is 11.1 Å². The van der Waals surface area contributed by atoms with E-state index in [0.717, 1.165) is 25.7 Å². The van der Waals surface area contributed by atoms with E-state index < -0.39 is 0 Å². The standard InChI is InChI=1S/C14H19FN2O.ClH/c15-12-8-4-3-7-11(12)14(17-13(18)9-16)10-5-1-2-6-10;/h3-4,7-8,10,14H,1-2,5-6,9,16H2,(H,17,18);1H. The fraction of sp³-hybridized carbons (Fsp3) is 0.500. The SMILES string of the molecule is Cl.NCC(=O)NC(c1ccccc1F)C1CCCC1. The van der Waals surface area contributed by atoms with E-state index in [1.54, 1.807) is 18.2 Å². The lowest BCUT2D eigenvalue weighted by atomic mass is 9.91. The molecule has 2 rings (SSSR count). The summed E-state index contributed by atoms with van der Waals surface area (Å²) in [6.07, 6.45) is 4.36. The van der Waals surface area contributed by atoms with Crippen LogP contribution in [0.3, 0.4) is 0 Å². The van der Waals surface area contributed by atoms with Gasteiger partial charge in [0.25, 0.3) is 0 Å². The summed E-state index contributed by atoms with van der Waals surface area (Å²) in [5.74, 6) is -0.167. The van der Waals surface area contributed by atoms with Crippen LogP contribution in [0.25, 0.3) is 0 Å². The van der Waals surface area contributed by atoms with Crippen molar-refractivity contribution >= 4 is 18.3 Å². The zero-order valence-corrected chi connectivity index (χ0v) is 11.6. The van der Waals surface area contributed by atoms with Crippen LogP contribution in [0, 0.1) is 11.7 Å². The summed E-state index contributed by atoms with van der Waals surface area (Å²) < 4.78 is 13.9. The van der Waals surface area contributed by atoms with Crippen molar-refractivity contribution in [3.63, 3.8) is 0 Å². The van der Waals surface area contributed by atoms with Gasteiger partial charge in [0.2, 0.25) is 5.91 Å². The van der Waals surface area contributed by atoms with Gasteiger partial charge >= 0.3 is 0 Å². The first-order valence-electron chi connectivity index (χ1n) is 6.46. The monoisotopic (exact) mass is 286 g/mol. The highest BCUT2D eigenvalue weighted by atomic mass is 35.5. The molecule has 0 bridgehead atoms. The summed E-state index contributed by atoms with van der Waals surface area (Å²) in [6, 6.07) is 6.40. The molecular formula is C14H20ClFN2O. The maximum Gasteiger partial charge on any atom is 0.234 e. The van der Waals surface area contributed by atoms with Crippen LogP contribution in [0.4, 0.5) is 4.39 Å². The van der Waals surface area contributed by atoms with Crippen molar-refractivity contribution in [2.75, 3.05) is 6.54 Å². The van der Waals surface area contributed by atoms with Gasteiger partial charge in [0.1, 0.15) is 5.82 Å². The Morgan fingerprint density at radius 1 is 1.37 bits per heavy atom. The van der Waals surface area contributed by atoms with Gasteiger partial charge in [-0.05, 0) is 24.8 Å². The highest BCUT2D eigenvalue weighted by molar-refractivity contribution is 5.85. The summed E-state index contributed by atoms with van der Waals surface area (Å²) in [5.41, 5.74) is 5.90. The summed E-state index contributed by atoms with van der Waals surface area (Å²) in [5, 5.41) is 2.86. The normalized spacial score (nSPS) is 16.7. The molecule has 0 aromatic heterocycles. The minimum atomic E-state index is -0.258. The second-order valence-electron chi connectivity index (χ2n) is 4.82. The number of halogens is 2. The first-order valence-corrected chi connectivity index (χ1v) is 6.46. The van der Waals surface area contributed by atoms with Gasteiger partial charge in [-0.3, -0.25) is 4.79 Å². The number of amides is 1. The summed E-state index contributed by atoms with van der Waals surface area (Å²) in [4.78, 5) is 11.5. The number of nitrogens with one attached hydrogen (secondary N) is 1. The fourth-order valence-corrected chi connectivity index (χ4v) is 2.70. The molecule has 0 radical (unpaired) electrons. The molecule has 106 valence electrons. The van der Waals surface area contributed by atoms with Crippen molar-refractivity contribution in [2.24, 2.45) is 11.7 Å². The highest BCUT2D eigenvalue weighted by Gasteiger charge is 2.29. The van der Waals surface area contributed by atoms with Crippen LogP contribution < -0.4 is 11.1 Å². The predicted molar refractivity (Wildman–Crippen MR) is 75.5 cm³/mol. The van der Waals surface area contributed by atoms with Gasteiger partial charge in [-0.1, -0.05) is 31.0 Å². The van der Waals surface area contributed by atoms with Crippen LogP contribution in [-0.4, -0.2) is 12.5 Å². The van der Waals surface area contributed by atoms with E-state index >= 15 is 0 Å². The minimum Gasteiger partial charge on any atom is -0.348 e. The molecule has 1 atom stereocenters. The zero-order valence-electron chi connectivity index (χ0n) is 10.8. The average Bonchev–Trinajstić information content (AvgIpc) is 2.90. The largest absolute Gasteiger partial charge is 0.348 e. The topological polar surface area (TPSA) is 55.1 Å². The fourth-order valence-electron chi connectivity index (χ4n) is 2.70. The lowest BCUT2D eigenvalue weighted by Crippen LogP contribution is -2.37. The minimum absolute atomic E-state index is 0. The van der Waals surface area contributed by atoms with Crippen molar-refractivity contribution in [3.05, 3.63) is 35.6 Å². The maximum absolute atomic E-state index is 13.9. The molecule has 0 saturated heterocycles. The molecule has 1 aliphatic carbocycles. The number of benzene rings is 1. The molecule has 19 heavy (non-hydrogen) atoms. The zero-order chi connectivity index (χ0) is 13.0. The van der Waals surface area contributed by atoms with E-state index in [2.05, 4.69) is 5.32 Å². The van der Waals surface area contributed by atoms with E-state index in [9.17, 15) is 9.18 Å². The number of hydrogen-bond donors (Lipinski definition) is 2. The molecule has 1 fully saturated rings. The van der Waals surface area contributed by atoms with Crippen LogP contribution >= 0.6 is 12.4 Å². The second kappa shape index (κ2) is 7.46. The molecule has 5 heteroatoms. The maximum atomic E-state index is 13.9. The van der Waals surface area contributed by atoms with Crippen LogP contribution in [0.2, 0.25) is 0 Å². The Morgan fingerprint density at radius 2 is 2.00 bits per heavy atom. The van der Waals surface area contributed by atoms with E-state index in [0.29, 0.717) is 11.5 Å². The Hall–Kier alpha value is -1.13. The predicted octanol–water partition coefficient (Wildman–Crippen LogP) is 2.55. The lowest BCUT2D eigenvalue weighted by molar-refractivity contribution is -0.120. The van der Waals surface area contributed by atoms with Crippen molar-refractivity contribution < 1.29 is 9.18 Å². The van der Waals surface area contributed by atoms with E-state index in [-0.39, 0.29) is 36.7 Å². The third kappa shape index (κ3) is 3.91. The molecule has 1 aromatic rings. The Bertz CT molecular complexity index is 422. The van der Waals surface area contributed by atoms with Gasteiger partial charge in [0.15, 0.2) is 0 Å². The van der Waals surface area contributed by atoms with Crippen LogP contribution in [0.1, 0.15) is 37.3 Å². The average molecular weight is 287 g/mol. The molecule has 1 amide bonds. The third-order valence-corrected chi connectivity index (χ3v) is 3.61. The smallest absolute Gasteiger partial charge is 0.234 e. The molecule has 3 nitrogen and oxygen atoms in total. The van der Waals surface area contributed by atoms with Crippen LogP contribution in [-0.2, 0) is 4.79 Å². The highest BCUT2D eigenvalue weighted by Crippen LogP contribution is 2.36. The molecule has 3 N–H and O–H groups in total. The number of rotatable bonds is 4. The Labute approximate surface area is 119 Å². The molecule has 1 saturated carbocycles. The van der Waals surface area contributed by atoms with Crippen molar-refractivity contribution in [3.8, 4) is 0 Å². The van der Waals surface area contributed by atoms with Gasteiger partial charge in [0.05, 0.1) is 12.6 Å². The van der Waals surface area contributed by atoms with E-state index in [1.165, 1.54) is 6.07 Å². The quantitative estimate of drug-likeness (QED) is 0.894. The number of carbonyl (C=O) groups is 1. The van der Waals surface area contributed by atoms with E-state index in [1.807, 2.05) is 0 Å². The number of nitrogens with two attached hydrogens (primary N) is 1. The number of carbonyl (C=O) groups excluding carboxylic acids is 1. The van der Waals surface area contributed by atoms with Crippen LogP contribution in [0.15, 0.2) is 24.3 Å². The molecular weight excluding hydrogens is 267 g/mol. The Morgan fingerprint density at radius 3 is 2.58 bits per heavy atom. The van der Waals surface area contributed by atoms with Crippen molar-refractivity contribution in [1.82, 2.24) is 5.32 Å². The number of hydrogen-bond acceptors (Lipinski definition) is 2. The molecule has 1 unspecified atom stereocenters. The molecule has 1 aliphatic rings. The van der Waals surface area contributed by atoms with Crippen molar-refractivity contribution in [2.45, 2.75) is 31.7 Å². The first-order chi connectivity index (χ1) is 8.72. The molecule has 0 aliphatic heterocycles. The molecule has 0 heterocycles. The summed E-state index contributed by atoms with van der Waals surface area (Å²) in [7, 11) is 0. The van der Waals surface area contributed by atoms with E-state index in [4.69, 9.17) is 5.73 Å². The Kier molecular flexibility index (Phi) is 6.25. The summed E-state index contributed by atoms with van der Waals surface area (Å²) in [6.45, 7) is -0.0579. The summed E-state index contributed by atoms with van der Waals surface area (Å²) >= 11 is 0. The van der Waals surface area contributed by atoms with Gasteiger partial charge in [-0.15, -0.1) is 12.4 Å². The van der Waals surface area contributed by atoms with Gasteiger partial charge in [-0.25, -0.2) is 4.39 Å². The first kappa shape index (κ1) is 15.9. The van der Waals surface area contributed by atoms with Gasteiger partial charge in [0, 0.05) is 5.56 Å². The van der Waals surface area contributed by atoms with Crippen LogP contribution in [0.5, 0.6) is 0 Å². The lowest BCUT2D eigenvalue weighted by Gasteiger charge is -2.25. The van der Waals surface area contributed by atoms with Gasteiger partial charge in [-0.2, -0.15) is 0 Å². The second-order valence-corrected chi connectivity index (χ2v) is 4.82. The Balaban J connectivity index is 0.00000180. The molecule has 1 aromatic carbocycles. The third-order valence-electron chi connectivity index (χ3n) is 3.61.